The van der Waals surface area contributed by atoms with Gasteiger partial charge in [0.1, 0.15) is 12.6 Å². The third-order valence-corrected chi connectivity index (χ3v) is 9.59. The van der Waals surface area contributed by atoms with Crippen LogP contribution in [0.4, 0.5) is 5.69 Å². The second-order valence-corrected chi connectivity index (χ2v) is 13.5. The Bertz CT molecular complexity index is 1700. The molecular formula is C35H37Cl2N3O4S. The van der Waals surface area contributed by atoms with Gasteiger partial charge in [0.2, 0.25) is 11.8 Å². The van der Waals surface area contributed by atoms with Gasteiger partial charge < -0.3 is 10.2 Å². The van der Waals surface area contributed by atoms with E-state index in [0.717, 1.165) is 28.3 Å². The van der Waals surface area contributed by atoms with E-state index in [9.17, 15) is 18.0 Å². The Morgan fingerprint density at radius 1 is 0.822 bits per heavy atom. The molecule has 0 aliphatic heterocycles. The molecule has 0 bridgehead atoms. The summed E-state index contributed by atoms with van der Waals surface area (Å²) >= 11 is 12.4. The number of nitrogens with one attached hydrogen (secondary N) is 1. The van der Waals surface area contributed by atoms with Gasteiger partial charge in [0.15, 0.2) is 0 Å². The zero-order valence-electron chi connectivity index (χ0n) is 25.3. The molecule has 0 saturated heterocycles. The third kappa shape index (κ3) is 9.33. The van der Waals surface area contributed by atoms with E-state index < -0.39 is 28.5 Å². The first-order chi connectivity index (χ1) is 21.6. The van der Waals surface area contributed by atoms with Gasteiger partial charge in [0.05, 0.1) is 10.6 Å². The standard InChI is InChI=1S/C35H37Cl2N3O4S/c1-3-4-20-38-35(42)33(23-27-11-6-5-7-12-27)39(24-28-13-9-14-30(37)22-28)34(41)25-40(31-15-8-10-26(2)21-31)45(43,44)32-18-16-29(36)17-19-32/h5-19,21-22,33H,3-4,20,23-25H2,1-2H3,(H,38,42)/t33-/m1/s1. The number of benzene rings is 4. The van der Waals surface area contributed by atoms with Gasteiger partial charge in [-0.2, -0.15) is 0 Å². The lowest BCUT2D eigenvalue weighted by atomic mass is 10.0. The van der Waals surface area contributed by atoms with Crippen molar-refractivity contribution in [2.24, 2.45) is 0 Å². The molecule has 0 radical (unpaired) electrons. The van der Waals surface area contributed by atoms with Crippen LogP contribution in [0, 0.1) is 6.92 Å². The van der Waals surface area contributed by atoms with Crippen LogP contribution in [0.2, 0.25) is 10.0 Å². The molecule has 45 heavy (non-hydrogen) atoms. The number of nitrogens with zero attached hydrogens (tertiary/aromatic N) is 2. The molecular weight excluding hydrogens is 629 g/mol. The van der Waals surface area contributed by atoms with Crippen LogP contribution in [-0.4, -0.2) is 44.3 Å². The molecule has 0 aliphatic rings. The first kappa shape index (κ1) is 34.0. The molecule has 7 nitrogen and oxygen atoms in total. The van der Waals surface area contributed by atoms with Crippen LogP contribution in [-0.2, 0) is 32.6 Å². The Morgan fingerprint density at radius 2 is 1.51 bits per heavy atom. The molecule has 236 valence electrons. The smallest absolute Gasteiger partial charge is 0.264 e. The molecule has 2 amide bonds. The average molecular weight is 667 g/mol. The second kappa shape index (κ2) is 15.9. The summed E-state index contributed by atoms with van der Waals surface area (Å²) in [6.07, 6.45) is 1.91. The first-order valence-electron chi connectivity index (χ1n) is 14.8. The van der Waals surface area contributed by atoms with Crippen LogP contribution in [0.5, 0.6) is 0 Å². The molecule has 0 aromatic heterocycles. The van der Waals surface area contributed by atoms with Gasteiger partial charge in [-0.05, 0) is 78.6 Å². The number of hydrogen-bond donors (Lipinski definition) is 1. The lowest BCUT2D eigenvalue weighted by Gasteiger charge is -2.34. The lowest BCUT2D eigenvalue weighted by Crippen LogP contribution is -2.53. The van der Waals surface area contributed by atoms with Crippen molar-refractivity contribution >= 4 is 50.7 Å². The van der Waals surface area contributed by atoms with Crippen molar-refractivity contribution in [1.29, 1.82) is 0 Å². The fourth-order valence-electron chi connectivity index (χ4n) is 4.94. The Hall–Kier alpha value is -3.85. The topological polar surface area (TPSA) is 86.8 Å². The van der Waals surface area contributed by atoms with Gasteiger partial charge in [-0.15, -0.1) is 0 Å². The number of carbonyl (C=O) groups excluding carboxylic acids is 2. The van der Waals surface area contributed by atoms with Crippen LogP contribution in [0.3, 0.4) is 0 Å². The van der Waals surface area contributed by atoms with E-state index in [1.807, 2.05) is 56.3 Å². The fraction of sp³-hybridized carbons (Fsp3) is 0.257. The van der Waals surface area contributed by atoms with Crippen LogP contribution < -0.4 is 9.62 Å². The molecule has 4 rings (SSSR count). The van der Waals surface area contributed by atoms with E-state index in [1.165, 1.54) is 29.2 Å². The minimum absolute atomic E-state index is 0.0132. The quantitative estimate of drug-likeness (QED) is 0.146. The summed E-state index contributed by atoms with van der Waals surface area (Å²) in [7, 11) is -4.21. The first-order valence-corrected chi connectivity index (χ1v) is 17.0. The molecule has 0 heterocycles. The third-order valence-electron chi connectivity index (χ3n) is 7.31. The highest BCUT2D eigenvalue weighted by Crippen LogP contribution is 2.27. The summed E-state index contributed by atoms with van der Waals surface area (Å²) in [4.78, 5) is 29.7. The minimum Gasteiger partial charge on any atom is -0.354 e. The van der Waals surface area contributed by atoms with Gasteiger partial charge in [-0.3, -0.25) is 13.9 Å². The van der Waals surface area contributed by atoms with Crippen LogP contribution in [0.1, 0.15) is 36.5 Å². The van der Waals surface area contributed by atoms with Gasteiger partial charge in [-0.1, -0.05) is 91.1 Å². The van der Waals surface area contributed by atoms with Crippen molar-refractivity contribution < 1.29 is 18.0 Å². The number of amides is 2. The summed E-state index contributed by atoms with van der Waals surface area (Å²) in [5, 5.41) is 3.86. The Morgan fingerprint density at radius 3 is 2.18 bits per heavy atom. The van der Waals surface area contributed by atoms with E-state index in [1.54, 1.807) is 36.4 Å². The Labute approximate surface area is 275 Å². The molecule has 0 aliphatic carbocycles. The summed E-state index contributed by atoms with van der Waals surface area (Å²) < 4.78 is 29.3. The number of carbonyl (C=O) groups is 2. The van der Waals surface area contributed by atoms with Crippen LogP contribution >= 0.6 is 23.2 Å². The van der Waals surface area contributed by atoms with E-state index >= 15 is 0 Å². The summed E-state index contributed by atoms with van der Waals surface area (Å²) in [5.74, 6) is -0.856. The highest BCUT2D eigenvalue weighted by Gasteiger charge is 2.34. The van der Waals surface area contributed by atoms with Crippen LogP contribution in [0.25, 0.3) is 0 Å². The number of anilines is 1. The molecule has 0 saturated carbocycles. The summed E-state index contributed by atoms with van der Waals surface area (Å²) in [6, 6.07) is 28.3. The highest BCUT2D eigenvalue weighted by molar-refractivity contribution is 7.92. The number of rotatable bonds is 14. The monoisotopic (exact) mass is 665 g/mol. The molecule has 1 N–H and O–H groups in total. The van der Waals surface area contributed by atoms with E-state index in [4.69, 9.17) is 23.2 Å². The maximum atomic E-state index is 14.5. The maximum absolute atomic E-state index is 14.5. The van der Waals surface area contributed by atoms with E-state index in [-0.39, 0.29) is 23.8 Å². The van der Waals surface area contributed by atoms with E-state index in [0.29, 0.717) is 27.8 Å². The van der Waals surface area contributed by atoms with Gasteiger partial charge in [-0.25, -0.2) is 8.42 Å². The van der Waals surface area contributed by atoms with Crippen molar-refractivity contribution in [3.05, 3.63) is 130 Å². The molecule has 0 fully saturated rings. The average Bonchev–Trinajstić information content (AvgIpc) is 3.02. The SMILES string of the molecule is CCCCNC(=O)[C@@H](Cc1ccccc1)N(Cc1cccc(Cl)c1)C(=O)CN(c1cccc(C)c1)S(=O)(=O)c1ccc(Cl)cc1. The molecule has 1 atom stereocenters. The Kier molecular flexibility index (Phi) is 12.0. The zero-order chi connectivity index (χ0) is 32.4. The van der Waals surface area contributed by atoms with Crippen molar-refractivity contribution in [3.8, 4) is 0 Å². The number of hydrogen-bond acceptors (Lipinski definition) is 4. The van der Waals surface area contributed by atoms with Gasteiger partial charge in [0, 0.05) is 29.6 Å². The summed E-state index contributed by atoms with van der Waals surface area (Å²) in [5.41, 5.74) is 2.72. The van der Waals surface area contributed by atoms with Crippen LogP contribution in [0.15, 0.2) is 108 Å². The van der Waals surface area contributed by atoms with E-state index in [2.05, 4.69) is 5.32 Å². The maximum Gasteiger partial charge on any atom is 0.264 e. The molecule has 10 heteroatoms. The Balaban J connectivity index is 1.79. The predicted octanol–water partition coefficient (Wildman–Crippen LogP) is 7.05. The highest BCUT2D eigenvalue weighted by atomic mass is 35.5. The van der Waals surface area contributed by atoms with Crippen molar-refractivity contribution in [1.82, 2.24) is 10.2 Å². The number of aryl methyl sites for hydroxylation is 1. The van der Waals surface area contributed by atoms with Gasteiger partial charge in [0.25, 0.3) is 10.0 Å². The summed E-state index contributed by atoms with van der Waals surface area (Å²) in [6.45, 7) is 3.84. The number of unbranched alkanes of at least 4 members (excludes halogenated alkanes) is 1. The lowest BCUT2D eigenvalue weighted by molar-refractivity contribution is -0.140. The fourth-order valence-corrected chi connectivity index (χ4v) is 6.68. The second-order valence-electron chi connectivity index (χ2n) is 10.8. The zero-order valence-corrected chi connectivity index (χ0v) is 27.7. The normalized spacial score (nSPS) is 11.9. The van der Waals surface area contributed by atoms with Crippen molar-refractivity contribution in [3.63, 3.8) is 0 Å². The molecule has 0 unspecified atom stereocenters. The number of halogens is 2. The molecule has 0 spiro atoms. The predicted molar refractivity (Wildman–Crippen MR) is 181 cm³/mol. The minimum atomic E-state index is -4.21. The molecule has 4 aromatic carbocycles. The van der Waals surface area contributed by atoms with Crippen molar-refractivity contribution in [2.75, 3.05) is 17.4 Å². The largest absolute Gasteiger partial charge is 0.354 e. The van der Waals surface area contributed by atoms with Gasteiger partial charge >= 0.3 is 0 Å². The number of sulfonamides is 1. The molecule has 4 aromatic rings. The van der Waals surface area contributed by atoms with Crippen molar-refractivity contribution in [2.45, 2.75) is 50.6 Å².